The van der Waals surface area contributed by atoms with E-state index in [1.54, 1.807) is 12.1 Å². The number of halogens is 2. The van der Waals surface area contributed by atoms with E-state index in [2.05, 4.69) is 10.3 Å². The molecule has 2 heterocycles. The lowest BCUT2D eigenvalue weighted by molar-refractivity contribution is -0.130. The Labute approximate surface area is 222 Å². The van der Waals surface area contributed by atoms with E-state index >= 15 is 4.39 Å². The average molecular weight is 540 g/mol. The molecule has 2 amide bonds. The highest BCUT2D eigenvalue weighted by Crippen LogP contribution is 2.46. The number of nitrogens with two attached hydrogens (primary N) is 1. The number of methoxy groups -OCH3 is 1. The normalized spacial score (nSPS) is 19.4. The summed E-state index contributed by atoms with van der Waals surface area (Å²) in [6.45, 7) is 0.390. The molecule has 1 saturated carbocycles. The number of pyridine rings is 1. The highest BCUT2D eigenvalue weighted by molar-refractivity contribution is 5.95. The standard InChI is InChI=1S/C28H27F2N3O6/c1-27(36,13-32-25(34)16-5-10-20(21(11-16)37-2)39-18-8-9-18)22-12-19-24(38-14-28(19,30)26(31)35)23(33-22)15-3-6-17(29)7-4-15/h3-7,10-12,18,36H,8-9,13-14H2,1-2H3,(H2,31,35)(H,32,34)/t27-,28-/m0/s1. The molecule has 11 heteroatoms. The molecule has 5 rings (SSSR count). The van der Waals surface area contributed by atoms with Crippen molar-refractivity contribution >= 4 is 11.8 Å². The van der Waals surface area contributed by atoms with Gasteiger partial charge in [-0.2, -0.15) is 0 Å². The predicted molar refractivity (Wildman–Crippen MR) is 136 cm³/mol. The molecule has 0 saturated heterocycles. The third kappa shape index (κ3) is 5.09. The maximum Gasteiger partial charge on any atom is 0.263 e. The number of fused-ring (bicyclic) bond motifs is 1. The summed E-state index contributed by atoms with van der Waals surface area (Å²) in [4.78, 5) is 29.4. The van der Waals surface area contributed by atoms with Crippen molar-refractivity contribution in [3.8, 4) is 28.5 Å². The molecule has 3 aromatic rings. The van der Waals surface area contributed by atoms with E-state index in [9.17, 15) is 19.1 Å². The molecule has 1 aliphatic carbocycles. The number of amides is 2. The first-order chi connectivity index (χ1) is 18.5. The molecular formula is C28H27F2N3O6. The number of primary amides is 1. The van der Waals surface area contributed by atoms with Crippen LogP contribution in [0.2, 0.25) is 0 Å². The predicted octanol–water partition coefficient (Wildman–Crippen LogP) is 3.12. The van der Waals surface area contributed by atoms with E-state index in [-0.39, 0.29) is 40.9 Å². The van der Waals surface area contributed by atoms with Gasteiger partial charge in [0, 0.05) is 16.7 Å². The summed E-state index contributed by atoms with van der Waals surface area (Å²) >= 11 is 0. The Morgan fingerprint density at radius 3 is 2.56 bits per heavy atom. The van der Waals surface area contributed by atoms with Gasteiger partial charge in [-0.05, 0) is 68.3 Å². The summed E-state index contributed by atoms with van der Waals surface area (Å²) in [7, 11) is 1.47. The first-order valence-electron chi connectivity index (χ1n) is 12.3. The fraction of sp³-hybridized carbons (Fsp3) is 0.321. The van der Waals surface area contributed by atoms with Crippen LogP contribution >= 0.6 is 0 Å². The molecule has 0 spiro atoms. The van der Waals surface area contributed by atoms with Crippen LogP contribution < -0.4 is 25.3 Å². The molecule has 1 aliphatic heterocycles. The van der Waals surface area contributed by atoms with Crippen LogP contribution in [-0.2, 0) is 16.1 Å². The second kappa shape index (κ2) is 9.81. The van der Waals surface area contributed by atoms with Crippen LogP contribution in [0.5, 0.6) is 17.2 Å². The van der Waals surface area contributed by atoms with Gasteiger partial charge in [-0.1, -0.05) is 0 Å². The third-order valence-corrected chi connectivity index (χ3v) is 6.71. The molecular weight excluding hydrogens is 512 g/mol. The van der Waals surface area contributed by atoms with Crippen LogP contribution in [-0.4, -0.2) is 48.3 Å². The molecule has 9 nitrogen and oxygen atoms in total. The Bertz CT molecular complexity index is 1440. The monoisotopic (exact) mass is 539 g/mol. The van der Waals surface area contributed by atoms with E-state index < -0.39 is 35.5 Å². The minimum absolute atomic E-state index is 0.0351. The molecule has 0 bridgehead atoms. The molecule has 204 valence electrons. The Morgan fingerprint density at radius 1 is 1.21 bits per heavy atom. The van der Waals surface area contributed by atoms with E-state index in [0.717, 1.165) is 12.8 Å². The van der Waals surface area contributed by atoms with Gasteiger partial charge in [0.15, 0.2) is 17.2 Å². The molecule has 1 aromatic heterocycles. The van der Waals surface area contributed by atoms with Gasteiger partial charge in [-0.25, -0.2) is 13.8 Å². The van der Waals surface area contributed by atoms with E-state index in [4.69, 9.17) is 19.9 Å². The first kappa shape index (κ1) is 26.4. The number of ether oxygens (including phenoxy) is 3. The lowest BCUT2D eigenvalue weighted by Crippen LogP contribution is -2.40. The van der Waals surface area contributed by atoms with Gasteiger partial charge in [-0.15, -0.1) is 0 Å². The second-order valence-corrected chi connectivity index (χ2v) is 9.83. The van der Waals surface area contributed by atoms with E-state index in [0.29, 0.717) is 17.1 Å². The van der Waals surface area contributed by atoms with Crippen molar-refractivity contribution in [3.63, 3.8) is 0 Å². The molecule has 4 N–H and O–H groups in total. The van der Waals surface area contributed by atoms with Crippen LogP contribution in [0, 0.1) is 5.82 Å². The molecule has 2 aliphatic rings. The molecule has 1 fully saturated rings. The number of benzene rings is 2. The maximum absolute atomic E-state index is 15.6. The van der Waals surface area contributed by atoms with Gasteiger partial charge in [0.25, 0.3) is 17.5 Å². The zero-order chi connectivity index (χ0) is 27.9. The first-order valence-corrected chi connectivity index (χ1v) is 12.3. The zero-order valence-electron chi connectivity index (χ0n) is 21.3. The molecule has 39 heavy (non-hydrogen) atoms. The van der Waals surface area contributed by atoms with Crippen molar-refractivity contribution in [2.45, 2.75) is 37.1 Å². The van der Waals surface area contributed by atoms with Crippen LogP contribution in [0.25, 0.3) is 11.3 Å². The Kier molecular flexibility index (Phi) is 6.63. The number of alkyl halides is 1. The van der Waals surface area contributed by atoms with Gasteiger partial charge in [0.2, 0.25) is 0 Å². The van der Waals surface area contributed by atoms with Crippen LogP contribution in [0.3, 0.4) is 0 Å². The quantitative estimate of drug-likeness (QED) is 0.381. The van der Waals surface area contributed by atoms with Crippen LogP contribution in [0.1, 0.15) is 41.4 Å². The van der Waals surface area contributed by atoms with Crippen LogP contribution in [0.4, 0.5) is 8.78 Å². The van der Waals surface area contributed by atoms with E-state index in [1.807, 2.05) is 0 Å². The molecule has 0 unspecified atom stereocenters. The van der Waals surface area contributed by atoms with Gasteiger partial charge >= 0.3 is 0 Å². The van der Waals surface area contributed by atoms with Gasteiger partial charge < -0.3 is 30.4 Å². The Morgan fingerprint density at radius 2 is 1.92 bits per heavy atom. The number of aliphatic hydroxyl groups is 1. The van der Waals surface area contributed by atoms with E-state index in [1.165, 1.54) is 50.4 Å². The maximum atomic E-state index is 15.6. The number of nitrogens with zero attached hydrogens (tertiary/aromatic N) is 1. The van der Waals surface area contributed by atoms with Gasteiger partial charge in [0.1, 0.15) is 23.7 Å². The summed E-state index contributed by atoms with van der Waals surface area (Å²) < 4.78 is 45.8. The minimum atomic E-state index is -2.66. The lowest BCUT2D eigenvalue weighted by Gasteiger charge is -2.25. The number of hydrogen-bond donors (Lipinski definition) is 3. The topological polar surface area (TPSA) is 133 Å². The van der Waals surface area contributed by atoms with Gasteiger partial charge in [-0.3, -0.25) is 9.59 Å². The number of nitrogens with one attached hydrogen (secondary N) is 1. The lowest BCUT2D eigenvalue weighted by atomic mass is 9.91. The van der Waals surface area contributed by atoms with Crippen molar-refractivity contribution in [1.29, 1.82) is 0 Å². The van der Waals surface area contributed by atoms with Crippen LogP contribution in [0.15, 0.2) is 48.5 Å². The minimum Gasteiger partial charge on any atom is -0.493 e. The number of carbonyl (C=O) groups is 2. The Hall–Kier alpha value is -4.25. The SMILES string of the molecule is COc1cc(C(=O)NC[C@](C)(O)c2cc3c(c(-c4ccc(F)cc4)n2)OC[C@@]3(F)C(N)=O)ccc1OC1CC1. The summed E-state index contributed by atoms with van der Waals surface area (Å²) in [6, 6.07) is 11.1. The highest BCUT2D eigenvalue weighted by atomic mass is 19.1. The van der Waals surface area contributed by atoms with Crippen molar-refractivity contribution in [3.05, 3.63) is 71.2 Å². The fourth-order valence-corrected chi connectivity index (χ4v) is 4.22. The number of hydrogen-bond acceptors (Lipinski definition) is 7. The molecule has 0 radical (unpaired) electrons. The zero-order valence-corrected chi connectivity index (χ0v) is 21.3. The number of carbonyl (C=O) groups excluding carboxylic acids is 2. The molecule has 2 aromatic carbocycles. The smallest absolute Gasteiger partial charge is 0.263 e. The Balaban J connectivity index is 1.43. The molecule has 2 atom stereocenters. The second-order valence-electron chi connectivity index (χ2n) is 9.83. The summed E-state index contributed by atoms with van der Waals surface area (Å²) in [5.74, 6) is -1.37. The summed E-state index contributed by atoms with van der Waals surface area (Å²) in [5, 5.41) is 14.0. The van der Waals surface area contributed by atoms with Crippen molar-refractivity contribution in [2.24, 2.45) is 5.73 Å². The largest absolute Gasteiger partial charge is 0.493 e. The average Bonchev–Trinajstić information content (AvgIpc) is 3.67. The van der Waals surface area contributed by atoms with Gasteiger partial charge in [0.05, 0.1) is 25.5 Å². The van der Waals surface area contributed by atoms with Crippen molar-refractivity contribution < 1.29 is 37.7 Å². The number of aromatic nitrogens is 1. The highest BCUT2D eigenvalue weighted by Gasteiger charge is 2.49. The van der Waals surface area contributed by atoms with Crippen molar-refractivity contribution in [1.82, 2.24) is 10.3 Å². The third-order valence-electron chi connectivity index (χ3n) is 6.71. The van der Waals surface area contributed by atoms with Crippen molar-refractivity contribution in [2.75, 3.05) is 20.3 Å². The summed E-state index contributed by atoms with van der Waals surface area (Å²) in [5.41, 5.74) is 1.31. The number of rotatable bonds is 9. The summed E-state index contributed by atoms with van der Waals surface area (Å²) in [6.07, 6.45) is 2.08. The fourth-order valence-electron chi connectivity index (χ4n) is 4.22.